The number of carbonyl (C=O) groups is 1. The molecule has 3 aliphatic rings. The molecule has 6 heteroatoms. The van der Waals surface area contributed by atoms with Gasteiger partial charge < -0.3 is 4.90 Å². The molecule has 1 amide bonds. The van der Waals surface area contributed by atoms with Gasteiger partial charge in [0.1, 0.15) is 0 Å². The van der Waals surface area contributed by atoms with Gasteiger partial charge in [0.25, 0.3) is 5.91 Å². The summed E-state index contributed by atoms with van der Waals surface area (Å²) >= 11 is 0. The Morgan fingerprint density at radius 1 is 1.04 bits per heavy atom. The van der Waals surface area contributed by atoms with E-state index < -0.39 is 10.0 Å². The number of hydrogen-bond donors (Lipinski definition) is 0. The summed E-state index contributed by atoms with van der Waals surface area (Å²) in [6.07, 6.45) is 4.69. The van der Waals surface area contributed by atoms with E-state index in [9.17, 15) is 13.2 Å². The Labute approximate surface area is 166 Å². The number of aryl methyl sites for hydroxylation is 1. The van der Waals surface area contributed by atoms with Gasteiger partial charge in [0.2, 0.25) is 10.0 Å². The number of sulfonamides is 1. The lowest BCUT2D eigenvalue weighted by molar-refractivity contribution is 0.0658. The van der Waals surface area contributed by atoms with Gasteiger partial charge >= 0.3 is 0 Å². The minimum Gasteiger partial charge on any atom is -0.329 e. The van der Waals surface area contributed by atoms with Gasteiger partial charge in [-0.1, -0.05) is 30.3 Å². The van der Waals surface area contributed by atoms with E-state index >= 15 is 0 Å². The quantitative estimate of drug-likeness (QED) is 0.795. The average Bonchev–Trinajstić information content (AvgIpc) is 3.34. The molecule has 2 aromatic rings. The molecular formula is C22H24N2O3S. The summed E-state index contributed by atoms with van der Waals surface area (Å²) in [6.45, 7) is 0.488. The zero-order valence-electron chi connectivity index (χ0n) is 15.8. The van der Waals surface area contributed by atoms with Crippen LogP contribution < -0.4 is 4.31 Å². The smallest absolute Gasteiger partial charge is 0.254 e. The van der Waals surface area contributed by atoms with Crippen molar-refractivity contribution in [3.8, 4) is 0 Å². The molecule has 146 valence electrons. The molecular weight excluding hydrogens is 372 g/mol. The molecule has 0 bridgehead atoms. The van der Waals surface area contributed by atoms with Crippen molar-refractivity contribution in [2.75, 3.05) is 16.6 Å². The normalized spacial score (nSPS) is 22.9. The summed E-state index contributed by atoms with van der Waals surface area (Å²) in [5.74, 6) is 0.195. The highest BCUT2D eigenvalue weighted by Gasteiger charge is 2.41. The summed E-state index contributed by atoms with van der Waals surface area (Å²) < 4.78 is 26.0. The zero-order chi connectivity index (χ0) is 19.3. The van der Waals surface area contributed by atoms with E-state index in [-0.39, 0.29) is 17.7 Å². The fraction of sp³-hybridized carbons (Fsp3) is 0.409. The fourth-order valence-electron chi connectivity index (χ4n) is 4.61. The molecule has 0 radical (unpaired) electrons. The van der Waals surface area contributed by atoms with Crippen molar-refractivity contribution >= 4 is 21.6 Å². The van der Waals surface area contributed by atoms with Gasteiger partial charge in [-0.25, -0.2) is 8.42 Å². The summed E-state index contributed by atoms with van der Waals surface area (Å²) in [6, 6.07) is 16.0. The van der Waals surface area contributed by atoms with Crippen molar-refractivity contribution in [1.29, 1.82) is 0 Å². The molecule has 0 N–H and O–H groups in total. The minimum absolute atomic E-state index is 0.0163. The first kappa shape index (κ1) is 17.7. The van der Waals surface area contributed by atoms with E-state index in [0.717, 1.165) is 25.7 Å². The van der Waals surface area contributed by atoms with Crippen LogP contribution in [-0.2, 0) is 16.4 Å². The predicted molar refractivity (Wildman–Crippen MR) is 109 cm³/mol. The topological polar surface area (TPSA) is 57.7 Å². The third kappa shape index (κ3) is 3.00. The second kappa shape index (κ2) is 6.62. The molecule has 0 spiro atoms. The lowest BCUT2D eigenvalue weighted by Crippen LogP contribution is -2.36. The van der Waals surface area contributed by atoms with Crippen LogP contribution in [0.1, 0.15) is 53.2 Å². The van der Waals surface area contributed by atoms with Crippen molar-refractivity contribution in [1.82, 2.24) is 4.90 Å². The third-order valence-electron chi connectivity index (χ3n) is 6.09. The molecule has 1 unspecified atom stereocenters. The molecule has 1 saturated heterocycles. The van der Waals surface area contributed by atoms with Crippen molar-refractivity contribution in [3.05, 3.63) is 65.2 Å². The van der Waals surface area contributed by atoms with E-state index in [0.29, 0.717) is 30.3 Å². The van der Waals surface area contributed by atoms with Gasteiger partial charge in [-0.15, -0.1) is 0 Å². The Hall–Kier alpha value is -2.34. The van der Waals surface area contributed by atoms with Crippen LogP contribution in [0.2, 0.25) is 0 Å². The maximum Gasteiger partial charge on any atom is 0.254 e. The SMILES string of the molecule is O=C(c1cccc(N2CCCS2(=O)=O)c1)N(C1CC1)C1CCc2ccccc21. The molecule has 1 atom stereocenters. The van der Waals surface area contributed by atoms with E-state index in [1.807, 2.05) is 12.1 Å². The maximum atomic E-state index is 13.5. The van der Waals surface area contributed by atoms with Gasteiger partial charge in [0.05, 0.1) is 17.5 Å². The first-order valence-electron chi connectivity index (χ1n) is 10.1. The lowest BCUT2D eigenvalue weighted by atomic mass is 10.0. The Morgan fingerprint density at radius 3 is 2.61 bits per heavy atom. The first-order chi connectivity index (χ1) is 13.5. The molecule has 28 heavy (non-hydrogen) atoms. The number of amides is 1. The van der Waals surface area contributed by atoms with Gasteiger partial charge in [-0.2, -0.15) is 0 Å². The van der Waals surface area contributed by atoms with Crippen LogP contribution in [0.25, 0.3) is 0 Å². The van der Waals surface area contributed by atoms with Crippen LogP contribution in [0.4, 0.5) is 5.69 Å². The first-order valence-corrected chi connectivity index (χ1v) is 11.7. The summed E-state index contributed by atoms with van der Waals surface area (Å²) in [4.78, 5) is 15.6. The van der Waals surface area contributed by atoms with Gasteiger partial charge in [0, 0.05) is 18.2 Å². The van der Waals surface area contributed by atoms with Crippen LogP contribution in [-0.4, -0.2) is 37.6 Å². The Kier molecular flexibility index (Phi) is 4.19. The van der Waals surface area contributed by atoms with Crippen LogP contribution in [0.5, 0.6) is 0 Å². The van der Waals surface area contributed by atoms with E-state index in [2.05, 4.69) is 23.1 Å². The van der Waals surface area contributed by atoms with Crippen molar-refractivity contribution in [2.45, 2.75) is 44.2 Å². The van der Waals surface area contributed by atoms with Crippen molar-refractivity contribution in [2.24, 2.45) is 0 Å². The monoisotopic (exact) mass is 396 g/mol. The average molecular weight is 397 g/mol. The van der Waals surface area contributed by atoms with Gasteiger partial charge in [-0.3, -0.25) is 9.10 Å². The minimum atomic E-state index is -3.25. The number of hydrogen-bond acceptors (Lipinski definition) is 3. The van der Waals surface area contributed by atoms with Crippen LogP contribution in [0.15, 0.2) is 48.5 Å². The molecule has 2 aromatic carbocycles. The van der Waals surface area contributed by atoms with E-state index in [4.69, 9.17) is 0 Å². The van der Waals surface area contributed by atoms with Crippen LogP contribution in [0, 0.1) is 0 Å². The molecule has 1 saturated carbocycles. The standard InChI is InChI=1S/C22H24N2O3S/c25-22(17-6-3-7-19(15-17)23-13-4-14-28(23,26)27)24(18-10-11-18)21-12-9-16-5-1-2-8-20(16)21/h1-3,5-8,15,18,21H,4,9-14H2. The lowest BCUT2D eigenvalue weighted by Gasteiger charge is -2.30. The highest BCUT2D eigenvalue weighted by Crippen LogP contribution is 2.42. The molecule has 1 heterocycles. The largest absolute Gasteiger partial charge is 0.329 e. The van der Waals surface area contributed by atoms with Crippen LogP contribution >= 0.6 is 0 Å². The van der Waals surface area contributed by atoms with Crippen molar-refractivity contribution in [3.63, 3.8) is 0 Å². The number of rotatable bonds is 4. The van der Waals surface area contributed by atoms with E-state index in [1.54, 1.807) is 18.2 Å². The van der Waals surface area contributed by atoms with E-state index in [1.165, 1.54) is 15.4 Å². The van der Waals surface area contributed by atoms with Gasteiger partial charge in [-0.05, 0) is 61.4 Å². The molecule has 2 aliphatic carbocycles. The summed E-state index contributed by atoms with van der Waals surface area (Å²) in [5, 5.41) is 0. The second-order valence-corrected chi connectivity index (χ2v) is 10.0. The predicted octanol–water partition coefficient (Wildman–Crippen LogP) is 3.52. The third-order valence-corrected chi connectivity index (χ3v) is 7.96. The Balaban J connectivity index is 1.47. The molecule has 5 rings (SSSR count). The summed E-state index contributed by atoms with van der Waals surface area (Å²) in [7, 11) is -3.25. The van der Waals surface area contributed by atoms with Crippen molar-refractivity contribution < 1.29 is 13.2 Å². The molecule has 2 fully saturated rings. The number of fused-ring (bicyclic) bond motifs is 1. The highest BCUT2D eigenvalue weighted by atomic mass is 32.2. The summed E-state index contributed by atoms with van der Waals surface area (Å²) in [5.41, 5.74) is 3.78. The Bertz CT molecular complexity index is 1030. The number of nitrogens with zero attached hydrogens (tertiary/aromatic N) is 2. The van der Waals surface area contributed by atoms with Gasteiger partial charge in [0.15, 0.2) is 0 Å². The highest BCUT2D eigenvalue weighted by molar-refractivity contribution is 7.93. The zero-order valence-corrected chi connectivity index (χ0v) is 16.6. The molecule has 5 nitrogen and oxygen atoms in total. The number of carbonyl (C=O) groups excluding carboxylic acids is 1. The fourth-order valence-corrected chi connectivity index (χ4v) is 6.17. The Morgan fingerprint density at radius 2 is 1.86 bits per heavy atom. The molecule has 0 aromatic heterocycles. The van der Waals surface area contributed by atoms with Crippen LogP contribution in [0.3, 0.4) is 0 Å². The maximum absolute atomic E-state index is 13.5. The molecule has 1 aliphatic heterocycles. The second-order valence-electron chi connectivity index (χ2n) is 7.99. The number of benzene rings is 2. The number of anilines is 1.